The highest BCUT2D eigenvalue weighted by Gasteiger charge is 2.37. The number of methoxy groups -OCH3 is 2. The largest absolute Gasteiger partial charge is 0.493 e. The van der Waals surface area contributed by atoms with E-state index in [1.165, 1.54) is 19.1 Å². The number of aromatic nitrogens is 2. The molecule has 39 heavy (non-hydrogen) atoms. The Morgan fingerprint density at radius 2 is 1.87 bits per heavy atom. The number of carbonyl (C=O) groups is 1. The molecule has 0 atom stereocenters. The number of amides is 2. The second-order valence-corrected chi connectivity index (χ2v) is 9.27. The van der Waals surface area contributed by atoms with Gasteiger partial charge in [-0.15, -0.1) is 0 Å². The van der Waals surface area contributed by atoms with Crippen LogP contribution in [0.25, 0.3) is 5.57 Å². The third-order valence-corrected chi connectivity index (χ3v) is 6.29. The summed E-state index contributed by atoms with van der Waals surface area (Å²) in [6.45, 7) is 5.42. The van der Waals surface area contributed by atoms with Gasteiger partial charge in [0.25, 0.3) is 0 Å². The zero-order chi connectivity index (χ0) is 28.4. The lowest BCUT2D eigenvalue weighted by Crippen LogP contribution is -2.48. The first kappa shape index (κ1) is 27.6. The lowest BCUT2D eigenvalue weighted by atomic mass is 10.0. The normalized spacial score (nSPS) is 14.2. The van der Waals surface area contributed by atoms with Crippen LogP contribution in [-0.4, -0.2) is 43.7 Å². The summed E-state index contributed by atoms with van der Waals surface area (Å²) in [5, 5.41) is 4.10. The number of allylic oxidation sites excluding steroid dienone is 2. The van der Waals surface area contributed by atoms with Gasteiger partial charge in [0.15, 0.2) is 23.1 Å². The van der Waals surface area contributed by atoms with E-state index in [9.17, 15) is 4.79 Å². The van der Waals surface area contributed by atoms with Crippen molar-refractivity contribution in [2.45, 2.75) is 39.8 Å². The van der Waals surface area contributed by atoms with Crippen LogP contribution in [0.3, 0.4) is 0 Å². The van der Waals surface area contributed by atoms with Gasteiger partial charge in [-0.25, -0.2) is 13.6 Å². The molecule has 2 N–H and O–H groups in total. The van der Waals surface area contributed by atoms with Crippen LogP contribution >= 0.6 is 0 Å². The van der Waals surface area contributed by atoms with Gasteiger partial charge in [0.2, 0.25) is 0 Å². The number of pyridine rings is 1. The molecule has 0 spiro atoms. The summed E-state index contributed by atoms with van der Waals surface area (Å²) in [5.74, 6) is -1.91. The zero-order valence-electron chi connectivity index (χ0n) is 22.6. The molecule has 4 rings (SSSR count). The zero-order valence-corrected chi connectivity index (χ0v) is 22.6. The summed E-state index contributed by atoms with van der Waals surface area (Å²) < 4.78 is 46.5. The smallest absolute Gasteiger partial charge is 0.329 e. The Kier molecular flexibility index (Phi) is 7.84. The summed E-state index contributed by atoms with van der Waals surface area (Å²) >= 11 is 0. The first-order valence-corrected chi connectivity index (χ1v) is 12.1. The number of urea groups is 1. The maximum Gasteiger partial charge on any atom is 0.329 e. The summed E-state index contributed by atoms with van der Waals surface area (Å²) in [6.07, 6.45) is 3.12. The molecular weight excluding hydrogens is 510 g/mol. The van der Waals surface area contributed by atoms with Crippen LogP contribution in [0.4, 0.5) is 25.0 Å². The fraction of sp³-hybridized carbons (Fsp3) is 0.333. The monoisotopic (exact) mass is 540 g/mol. The summed E-state index contributed by atoms with van der Waals surface area (Å²) in [6, 6.07) is 3.83. The molecule has 12 heteroatoms. The number of aliphatic imine (C=N–C) groups is 1. The third kappa shape index (κ3) is 5.14. The van der Waals surface area contributed by atoms with Crippen molar-refractivity contribution >= 4 is 29.2 Å². The number of hydrogen-bond donors (Lipinski definition) is 1. The predicted molar refractivity (Wildman–Crippen MR) is 143 cm³/mol. The van der Waals surface area contributed by atoms with Gasteiger partial charge >= 0.3 is 6.03 Å². The predicted octanol–water partition coefficient (Wildman–Crippen LogP) is 5.03. The van der Waals surface area contributed by atoms with Crippen LogP contribution in [0.2, 0.25) is 0 Å². The number of fused-ring (bicyclic) bond motifs is 1. The Balaban J connectivity index is 1.89. The highest BCUT2D eigenvalue weighted by molar-refractivity contribution is 6.11. The number of nitrogens with two attached hydrogens (primary N) is 1. The van der Waals surface area contributed by atoms with Crippen molar-refractivity contribution in [3.05, 3.63) is 64.4 Å². The fourth-order valence-electron chi connectivity index (χ4n) is 4.25. The first-order chi connectivity index (χ1) is 18.6. The average molecular weight is 541 g/mol. The van der Waals surface area contributed by atoms with Gasteiger partial charge < -0.3 is 19.7 Å². The molecule has 10 nitrogen and oxygen atoms in total. The second kappa shape index (κ2) is 11.1. The van der Waals surface area contributed by atoms with E-state index in [0.717, 1.165) is 11.0 Å². The van der Waals surface area contributed by atoms with E-state index < -0.39 is 23.4 Å². The van der Waals surface area contributed by atoms with Crippen molar-refractivity contribution in [1.82, 2.24) is 10.1 Å². The van der Waals surface area contributed by atoms with Crippen LogP contribution < -0.4 is 25.0 Å². The van der Waals surface area contributed by atoms with E-state index in [1.54, 1.807) is 38.5 Å². The molecule has 1 aliphatic heterocycles. The van der Waals surface area contributed by atoms with Crippen LogP contribution in [0.1, 0.15) is 49.4 Å². The van der Waals surface area contributed by atoms with Crippen LogP contribution in [0.5, 0.6) is 11.5 Å². The standard InChI is InChI=1S/C27H30F2N6O4/c1-14(2)21-7-17(33-39-21)13-34-20-8-19(18(11-31-4)15(3)30)32-10-16(20)12-35(27(34)36)26-24(28)22(37-5)9-23(38-6)25(26)29/h7-11,14H,12-13,30H2,1-6H3. The van der Waals surface area contributed by atoms with Crippen molar-refractivity contribution in [1.29, 1.82) is 0 Å². The number of carbonyl (C=O) groups excluding carboxylic acids is 1. The van der Waals surface area contributed by atoms with Gasteiger partial charge in [-0.2, -0.15) is 0 Å². The van der Waals surface area contributed by atoms with Gasteiger partial charge in [-0.1, -0.05) is 19.0 Å². The number of benzene rings is 1. The van der Waals surface area contributed by atoms with Crippen LogP contribution in [-0.2, 0) is 13.1 Å². The maximum absolute atomic E-state index is 15.5. The number of ether oxygens (including phenoxy) is 2. The minimum absolute atomic E-state index is 0.0329. The van der Waals surface area contributed by atoms with E-state index in [0.29, 0.717) is 39.7 Å². The maximum atomic E-state index is 15.5. The molecule has 3 aromatic rings. The molecule has 1 aliphatic rings. The van der Waals surface area contributed by atoms with Crippen LogP contribution in [0, 0.1) is 11.6 Å². The molecule has 0 unspecified atom stereocenters. The van der Waals surface area contributed by atoms with E-state index >= 15 is 8.78 Å². The third-order valence-electron chi connectivity index (χ3n) is 6.29. The Bertz CT molecular complexity index is 1430. The Morgan fingerprint density at radius 3 is 2.41 bits per heavy atom. The molecule has 1 aromatic carbocycles. The molecule has 206 valence electrons. The number of nitrogens with zero attached hydrogens (tertiary/aromatic N) is 5. The molecule has 2 amide bonds. The molecule has 0 aliphatic carbocycles. The second-order valence-electron chi connectivity index (χ2n) is 9.27. The quantitative estimate of drug-likeness (QED) is 0.398. The van der Waals surface area contributed by atoms with E-state index in [1.807, 2.05) is 13.8 Å². The SMILES string of the molecule is CN=CC(=C(C)N)c1cc2c(cn1)CN(c1c(F)c(OC)cc(OC)c1F)C(=O)N2Cc1cc(C(C)C)on1. The molecule has 0 bridgehead atoms. The van der Waals surface area contributed by atoms with Crippen LogP contribution in [0.15, 0.2) is 39.6 Å². The van der Waals surface area contributed by atoms with Gasteiger partial charge in [0.1, 0.15) is 17.1 Å². The minimum Gasteiger partial charge on any atom is -0.493 e. The topological polar surface area (TPSA) is 119 Å². The minimum atomic E-state index is -1.04. The van der Waals surface area contributed by atoms with E-state index in [4.69, 9.17) is 19.7 Å². The molecule has 0 fully saturated rings. The molecule has 3 heterocycles. The molecule has 0 radical (unpaired) electrons. The average Bonchev–Trinajstić information content (AvgIpc) is 3.38. The molecule has 0 saturated carbocycles. The number of rotatable bonds is 8. The lowest BCUT2D eigenvalue weighted by molar-refractivity contribution is 0.249. The summed E-state index contributed by atoms with van der Waals surface area (Å²) in [5.41, 5.74) is 8.48. The Labute approximate surface area is 224 Å². The van der Waals surface area contributed by atoms with Crippen molar-refractivity contribution in [2.24, 2.45) is 10.7 Å². The Hall–Kier alpha value is -4.48. The summed E-state index contributed by atoms with van der Waals surface area (Å²) in [7, 11) is 4.09. The lowest BCUT2D eigenvalue weighted by Gasteiger charge is -2.37. The number of halogens is 2. The van der Waals surface area contributed by atoms with Gasteiger partial charge in [0.05, 0.1) is 38.7 Å². The number of anilines is 2. The number of hydrogen-bond acceptors (Lipinski definition) is 8. The summed E-state index contributed by atoms with van der Waals surface area (Å²) in [4.78, 5) is 24.9. The van der Waals surface area contributed by atoms with Crippen molar-refractivity contribution < 1.29 is 27.6 Å². The van der Waals surface area contributed by atoms with E-state index in [2.05, 4.69) is 15.1 Å². The molecule has 0 saturated heterocycles. The fourth-order valence-corrected chi connectivity index (χ4v) is 4.25. The van der Waals surface area contributed by atoms with E-state index in [-0.39, 0.29) is 30.5 Å². The molecule has 2 aromatic heterocycles. The van der Waals surface area contributed by atoms with Gasteiger partial charge in [-0.3, -0.25) is 19.8 Å². The highest BCUT2D eigenvalue weighted by atomic mass is 19.1. The van der Waals surface area contributed by atoms with Crippen molar-refractivity contribution in [3.8, 4) is 11.5 Å². The van der Waals surface area contributed by atoms with Crippen molar-refractivity contribution in [2.75, 3.05) is 31.1 Å². The van der Waals surface area contributed by atoms with Crippen molar-refractivity contribution in [3.63, 3.8) is 0 Å². The first-order valence-electron chi connectivity index (χ1n) is 12.1. The Morgan fingerprint density at radius 1 is 1.21 bits per heavy atom. The highest BCUT2D eigenvalue weighted by Crippen LogP contribution is 2.41. The van der Waals surface area contributed by atoms with Gasteiger partial charge in [0, 0.05) is 54.3 Å². The van der Waals surface area contributed by atoms with Gasteiger partial charge in [-0.05, 0) is 13.0 Å². The molecular formula is C27H30F2N6O4.